The summed E-state index contributed by atoms with van der Waals surface area (Å²) in [6, 6.07) is 0. The standard InChI is InChI=1S/C15H20O5/c1-11(16)20-13-9-12(14(17)10-13)7-5-3-4-6-8-15(18)19-2/h6,8-9,13H,3-5,7,10H2,1-2H3/t13-/m0/s1. The van der Waals surface area contributed by atoms with Gasteiger partial charge >= 0.3 is 11.9 Å². The van der Waals surface area contributed by atoms with E-state index in [4.69, 9.17) is 4.74 Å². The number of ketones is 1. The van der Waals surface area contributed by atoms with Crippen molar-refractivity contribution >= 4 is 17.7 Å². The number of unbranched alkanes of at least 4 members (excludes halogenated alkanes) is 2. The third kappa shape index (κ3) is 5.82. The maximum absolute atomic E-state index is 11.7. The van der Waals surface area contributed by atoms with E-state index in [0.29, 0.717) is 6.42 Å². The Morgan fingerprint density at radius 2 is 2.15 bits per heavy atom. The van der Waals surface area contributed by atoms with Gasteiger partial charge in [-0.15, -0.1) is 0 Å². The Bertz CT molecular complexity index is 434. The van der Waals surface area contributed by atoms with Gasteiger partial charge in [0.15, 0.2) is 5.78 Å². The van der Waals surface area contributed by atoms with Crippen molar-refractivity contribution in [2.24, 2.45) is 0 Å². The molecule has 1 rings (SSSR count). The number of esters is 2. The number of Topliss-reactive ketones (excluding diaryl/α,β-unsaturated/α-hetero) is 1. The summed E-state index contributed by atoms with van der Waals surface area (Å²) in [5, 5.41) is 0. The van der Waals surface area contributed by atoms with Crippen molar-refractivity contribution in [3.63, 3.8) is 0 Å². The van der Waals surface area contributed by atoms with Gasteiger partial charge in [0.25, 0.3) is 0 Å². The number of allylic oxidation sites excluding steroid dienone is 2. The number of hydrogen-bond donors (Lipinski definition) is 0. The van der Waals surface area contributed by atoms with Crippen LogP contribution >= 0.6 is 0 Å². The highest BCUT2D eigenvalue weighted by Gasteiger charge is 2.25. The van der Waals surface area contributed by atoms with Crippen molar-refractivity contribution in [1.29, 1.82) is 0 Å². The molecular formula is C15H20O5. The molecule has 0 saturated carbocycles. The first-order chi connectivity index (χ1) is 9.52. The highest BCUT2D eigenvalue weighted by Crippen LogP contribution is 2.22. The highest BCUT2D eigenvalue weighted by molar-refractivity contribution is 5.98. The molecule has 1 aliphatic carbocycles. The molecule has 0 bridgehead atoms. The Morgan fingerprint density at radius 3 is 2.80 bits per heavy atom. The third-order valence-electron chi connectivity index (χ3n) is 2.97. The van der Waals surface area contributed by atoms with Crippen LogP contribution in [0, 0.1) is 0 Å². The molecule has 0 fully saturated rings. The van der Waals surface area contributed by atoms with Crippen LogP contribution in [-0.2, 0) is 23.9 Å². The molecule has 0 aliphatic heterocycles. The average molecular weight is 280 g/mol. The van der Waals surface area contributed by atoms with Gasteiger partial charge in [0.05, 0.1) is 13.5 Å². The first kappa shape index (κ1) is 16.1. The molecule has 1 atom stereocenters. The molecule has 5 heteroatoms. The van der Waals surface area contributed by atoms with E-state index < -0.39 is 6.10 Å². The monoisotopic (exact) mass is 280 g/mol. The lowest BCUT2D eigenvalue weighted by molar-refractivity contribution is -0.144. The lowest BCUT2D eigenvalue weighted by Crippen LogP contribution is -2.12. The maximum Gasteiger partial charge on any atom is 0.330 e. The van der Waals surface area contributed by atoms with Crippen LogP contribution in [0.15, 0.2) is 23.8 Å². The average Bonchev–Trinajstić information content (AvgIpc) is 2.72. The Kier molecular flexibility index (Phi) is 6.70. The number of carbonyl (C=O) groups is 3. The number of ether oxygens (including phenoxy) is 2. The molecule has 0 unspecified atom stereocenters. The van der Waals surface area contributed by atoms with E-state index in [-0.39, 0.29) is 24.1 Å². The second kappa shape index (κ2) is 8.30. The van der Waals surface area contributed by atoms with Gasteiger partial charge in [0.2, 0.25) is 0 Å². The van der Waals surface area contributed by atoms with Crippen molar-refractivity contribution in [1.82, 2.24) is 0 Å². The largest absolute Gasteiger partial charge is 0.466 e. The summed E-state index contributed by atoms with van der Waals surface area (Å²) in [5.41, 5.74) is 0.744. The molecule has 0 amide bonds. The molecule has 0 aromatic heterocycles. The van der Waals surface area contributed by atoms with Crippen LogP contribution < -0.4 is 0 Å². The summed E-state index contributed by atoms with van der Waals surface area (Å²) in [6.07, 6.45) is 7.97. The quantitative estimate of drug-likeness (QED) is 0.406. The number of carbonyl (C=O) groups excluding carboxylic acids is 3. The summed E-state index contributed by atoms with van der Waals surface area (Å²) in [7, 11) is 1.34. The van der Waals surface area contributed by atoms with E-state index in [1.807, 2.05) is 0 Å². The predicted octanol–water partition coefficient (Wildman–Crippen LogP) is 2.11. The molecule has 0 heterocycles. The van der Waals surface area contributed by atoms with Gasteiger partial charge in [-0.2, -0.15) is 0 Å². The summed E-state index contributed by atoms with van der Waals surface area (Å²) >= 11 is 0. The molecule has 110 valence electrons. The molecule has 0 N–H and O–H groups in total. The Morgan fingerprint density at radius 1 is 1.40 bits per heavy atom. The summed E-state index contributed by atoms with van der Waals surface area (Å²) in [6.45, 7) is 1.34. The molecule has 0 radical (unpaired) electrons. The Hall–Kier alpha value is -1.91. The van der Waals surface area contributed by atoms with E-state index >= 15 is 0 Å². The fourth-order valence-corrected chi connectivity index (χ4v) is 2.03. The van der Waals surface area contributed by atoms with E-state index in [1.165, 1.54) is 20.1 Å². The van der Waals surface area contributed by atoms with E-state index in [0.717, 1.165) is 24.8 Å². The highest BCUT2D eigenvalue weighted by atomic mass is 16.5. The van der Waals surface area contributed by atoms with Gasteiger partial charge in [-0.25, -0.2) is 4.79 Å². The van der Waals surface area contributed by atoms with Crippen molar-refractivity contribution < 1.29 is 23.9 Å². The van der Waals surface area contributed by atoms with Gasteiger partial charge in [-0.3, -0.25) is 9.59 Å². The fraction of sp³-hybridized carbons (Fsp3) is 0.533. The van der Waals surface area contributed by atoms with Gasteiger partial charge < -0.3 is 9.47 Å². The zero-order valence-corrected chi connectivity index (χ0v) is 11.9. The van der Waals surface area contributed by atoms with Gasteiger partial charge in [0.1, 0.15) is 6.10 Å². The maximum atomic E-state index is 11.7. The molecule has 0 aromatic rings. The lowest BCUT2D eigenvalue weighted by Gasteiger charge is -2.05. The van der Waals surface area contributed by atoms with Crippen molar-refractivity contribution in [3.8, 4) is 0 Å². The van der Waals surface area contributed by atoms with Crippen LogP contribution in [-0.4, -0.2) is 30.9 Å². The molecule has 0 saturated heterocycles. The minimum Gasteiger partial charge on any atom is -0.466 e. The molecule has 0 spiro atoms. The van der Waals surface area contributed by atoms with Crippen LogP contribution in [0.25, 0.3) is 0 Å². The van der Waals surface area contributed by atoms with Crippen LogP contribution in [0.2, 0.25) is 0 Å². The van der Waals surface area contributed by atoms with Crippen molar-refractivity contribution in [3.05, 3.63) is 23.8 Å². The lowest BCUT2D eigenvalue weighted by atomic mass is 10.1. The zero-order chi connectivity index (χ0) is 15.0. The van der Waals surface area contributed by atoms with Gasteiger partial charge in [-0.1, -0.05) is 6.08 Å². The van der Waals surface area contributed by atoms with Crippen LogP contribution in [0.4, 0.5) is 0 Å². The fourth-order valence-electron chi connectivity index (χ4n) is 2.03. The molecular weight excluding hydrogens is 260 g/mol. The second-order valence-electron chi connectivity index (χ2n) is 4.64. The minimum atomic E-state index is -0.394. The van der Waals surface area contributed by atoms with Crippen molar-refractivity contribution in [2.75, 3.05) is 7.11 Å². The Balaban J connectivity index is 2.24. The summed E-state index contributed by atoms with van der Waals surface area (Å²) < 4.78 is 9.47. The SMILES string of the molecule is COC(=O)C=CCCCCC1=C[C@H](OC(C)=O)CC1=O. The first-order valence-corrected chi connectivity index (χ1v) is 6.68. The minimum absolute atomic E-state index is 0.0568. The Labute approximate surface area is 118 Å². The third-order valence-corrected chi connectivity index (χ3v) is 2.97. The second-order valence-corrected chi connectivity index (χ2v) is 4.64. The zero-order valence-electron chi connectivity index (χ0n) is 11.9. The normalized spacial score (nSPS) is 18.2. The molecule has 1 aliphatic rings. The number of methoxy groups -OCH3 is 1. The van der Waals surface area contributed by atoms with Crippen LogP contribution in [0.5, 0.6) is 0 Å². The van der Waals surface area contributed by atoms with Crippen LogP contribution in [0.1, 0.15) is 39.0 Å². The summed E-state index contributed by atoms with van der Waals surface area (Å²) in [4.78, 5) is 33.3. The molecule has 20 heavy (non-hydrogen) atoms. The van der Waals surface area contributed by atoms with Gasteiger partial charge in [0, 0.05) is 13.0 Å². The topological polar surface area (TPSA) is 69.7 Å². The predicted molar refractivity (Wildman–Crippen MR) is 72.9 cm³/mol. The molecule has 5 nitrogen and oxygen atoms in total. The van der Waals surface area contributed by atoms with E-state index in [9.17, 15) is 14.4 Å². The van der Waals surface area contributed by atoms with Gasteiger partial charge in [-0.05, 0) is 37.3 Å². The number of hydrogen-bond acceptors (Lipinski definition) is 5. The summed E-state index contributed by atoms with van der Waals surface area (Å²) in [5.74, 6) is -0.669. The number of rotatable bonds is 7. The van der Waals surface area contributed by atoms with Crippen LogP contribution in [0.3, 0.4) is 0 Å². The van der Waals surface area contributed by atoms with E-state index in [2.05, 4.69) is 4.74 Å². The smallest absolute Gasteiger partial charge is 0.330 e. The van der Waals surface area contributed by atoms with E-state index in [1.54, 1.807) is 12.2 Å². The molecule has 0 aromatic carbocycles. The van der Waals surface area contributed by atoms with Crippen molar-refractivity contribution in [2.45, 2.75) is 45.1 Å². The first-order valence-electron chi connectivity index (χ1n) is 6.68.